The van der Waals surface area contributed by atoms with Crippen LogP contribution in [0.2, 0.25) is 0 Å². The molecule has 6 nitrogen and oxygen atoms in total. The lowest BCUT2D eigenvalue weighted by molar-refractivity contribution is -0.163. The number of hydrogen-bond acceptors (Lipinski definition) is 6. The second-order valence-corrected chi connectivity index (χ2v) is 7.52. The van der Waals surface area contributed by atoms with Crippen LogP contribution in [0.1, 0.15) is 43.9 Å². The second kappa shape index (κ2) is 6.76. The van der Waals surface area contributed by atoms with Gasteiger partial charge in [0.25, 0.3) is 5.79 Å². The van der Waals surface area contributed by atoms with Gasteiger partial charge in [0.15, 0.2) is 0 Å². The molecule has 3 aromatic carbocycles. The first-order valence-electron chi connectivity index (χ1n) is 9.86. The molecule has 0 saturated heterocycles. The van der Waals surface area contributed by atoms with Crippen molar-refractivity contribution in [2.75, 3.05) is 0 Å². The highest BCUT2D eigenvalue weighted by Gasteiger charge is 2.49. The standard InChI is InChI=1S/C24H20O6/c1-14(25)27-18-9-5-8-17-23(18)19(28-15(2)26)12-13-24(17)29-20-10-3-6-16-7-4-11-21(30-24)22(16)20/h3-11,19H,12-13H2,1-2H3. The van der Waals surface area contributed by atoms with E-state index in [1.807, 2.05) is 42.5 Å². The number of ether oxygens (including phenoxy) is 4. The molecule has 1 spiro atoms. The van der Waals surface area contributed by atoms with Gasteiger partial charge in [0.1, 0.15) is 23.4 Å². The lowest BCUT2D eigenvalue weighted by atomic mass is 9.83. The third kappa shape index (κ3) is 2.87. The Morgan fingerprint density at radius 2 is 1.60 bits per heavy atom. The van der Waals surface area contributed by atoms with Crippen LogP contribution in [0.15, 0.2) is 54.6 Å². The first kappa shape index (κ1) is 18.5. The lowest BCUT2D eigenvalue weighted by Gasteiger charge is -2.44. The van der Waals surface area contributed by atoms with Gasteiger partial charge in [-0.3, -0.25) is 9.59 Å². The number of benzene rings is 3. The molecule has 1 aliphatic heterocycles. The van der Waals surface area contributed by atoms with Crippen LogP contribution in [0.3, 0.4) is 0 Å². The van der Waals surface area contributed by atoms with Gasteiger partial charge in [-0.25, -0.2) is 0 Å². The van der Waals surface area contributed by atoms with E-state index in [4.69, 9.17) is 18.9 Å². The summed E-state index contributed by atoms with van der Waals surface area (Å²) in [6, 6.07) is 17.1. The van der Waals surface area contributed by atoms with Crippen molar-refractivity contribution in [2.24, 2.45) is 0 Å². The Bertz CT molecular complexity index is 1140. The molecule has 1 atom stereocenters. The van der Waals surface area contributed by atoms with Crippen LogP contribution in [0.4, 0.5) is 0 Å². The molecule has 0 saturated carbocycles. The van der Waals surface area contributed by atoms with Crippen molar-refractivity contribution in [1.29, 1.82) is 0 Å². The summed E-state index contributed by atoms with van der Waals surface area (Å²) < 4.78 is 23.9. The van der Waals surface area contributed by atoms with Crippen molar-refractivity contribution in [3.63, 3.8) is 0 Å². The van der Waals surface area contributed by atoms with Gasteiger partial charge in [-0.05, 0) is 30.0 Å². The summed E-state index contributed by atoms with van der Waals surface area (Å²) in [5, 5.41) is 1.95. The summed E-state index contributed by atoms with van der Waals surface area (Å²) in [5.41, 5.74) is 1.28. The average molecular weight is 404 g/mol. The monoisotopic (exact) mass is 404 g/mol. The zero-order chi connectivity index (χ0) is 20.9. The number of rotatable bonds is 2. The molecule has 3 aromatic rings. The van der Waals surface area contributed by atoms with Crippen LogP contribution >= 0.6 is 0 Å². The minimum absolute atomic E-state index is 0.342. The van der Waals surface area contributed by atoms with E-state index in [1.165, 1.54) is 13.8 Å². The third-order valence-electron chi connectivity index (χ3n) is 5.47. The molecule has 0 fully saturated rings. The van der Waals surface area contributed by atoms with Gasteiger partial charge >= 0.3 is 11.9 Å². The highest BCUT2D eigenvalue weighted by molar-refractivity contribution is 5.94. The molecule has 0 aromatic heterocycles. The van der Waals surface area contributed by atoms with E-state index in [1.54, 1.807) is 12.1 Å². The van der Waals surface area contributed by atoms with Crippen LogP contribution in [0.5, 0.6) is 17.2 Å². The summed E-state index contributed by atoms with van der Waals surface area (Å²) in [4.78, 5) is 23.4. The average Bonchev–Trinajstić information content (AvgIpc) is 2.70. The number of esters is 2. The zero-order valence-corrected chi connectivity index (χ0v) is 16.6. The second-order valence-electron chi connectivity index (χ2n) is 7.52. The Balaban J connectivity index is 1.68. The Morgan fingerprint density at radius 1 is 0.933 bits per heavy atom. The van der Waals surface area contributed by atoms with Gasteiger partial charge in [0, 0.05) is 31.4 Å². The number of carbonyl (C=O) groups excluding carboxylic acids is 2. The highest BCUT2D eigenvalue weighted by atomic mass is 16.7. The van der Waals surface area contributed by atoms with E-state index < -0.39 is 23.8 Å². The smallest absolute Gasteiger partial charge is 0.308 e. The summed E-state index contributed by atoms with van der Waals surface area (Å²) in [6.45, 7) is 2.70. The minimum Gasteiger partial charge on any atom is -0.458 e. The normalized spacial score (nSPS) is 18.1. The molecule has 6 heteroatoms. The molecule has 1 heterocycles. The lowest BCUT2D eigenvalue weighted by Crippen LogP contribution is -2.45. The fourth-order valence-corrected chi connectivity index (χ4v) is 4.40. The molecule has 5 rings (SSSR count). The quantitative estimate of drug-likeness (QED) is 0.452. The van der Waals surface area contributed by atoms with Crippen molar-refractivity contribution in [3.8, 4) is 17.2 Å². The van der Waals surface area contributed by atoms with E-state index in [0.29, 0.717) is 29.7 Å². The molecule has 2 aliphatic rings. The SMILES string of the molecule is CC(=O)Oc1cccc2c1C(OC(C)=O)CCC21Oc2cccc3cccc(c23)O1. The summed E-state index contributed by atoms with van der Waals surface area (Å²) >= 11 is 0. The molecule has 152 valence electrons. The molecule has 1 aliphatic carbocycles. The Labute approximate surface area is 173 Å². The van der Waals surface area contributed by atoms with Crippen molar-refractivity contribution < 1.29 is 28.5 Å². The van der Waals surface area contributed by atoms with Crippen LogP contribution in [-0.2, 0) is 20.1 Å². The molecular weight excluding hydrogens is 384 g/mol. The molecule has 0 N–H and O–H groups in total. The van der Waals surface area contributed by atoms with E-state index in [9.17, 15) is 9.59 Å². The van der Waals surface area contributed by atoms with E-state index in [2.05, 4.69) is 0 Å². The molecular formula is C24H20O6. The molecule has 0 amide bonds. The fourth-order valence-electron chi connectivity index (χ4n) is 4.40. The Kier molecular flexibility index (Phi) is 4.17. The van der Waals surface area contributed by atoms with Crippen LogP contribution in [-0.4, -0.2) is 11.9 Å². The Morgan fingerprint density at radius 3 is 2.23 bits per heavy atom. The van der Waals surface area contributed by atoms with Gasteiger partial charge in [0.2, 0.25) is 0 Å². The number of fused-ring (bicyclic) bond motifs is 2. The van der Waals surface area contributed by atoms with E-state index >= 15 is 0 Å². The van der Waals surface area contributed by atoms with Crippen LogP contribution in [0, 0.1) is 0 Å². The van der Waals surface area contributed by atoms with Crippen molar-refractivity contribution >= 4 is 22.7 Å². The van der Waals surface area contributed by atoms with Gasteiger partial charge < -0.3 is 18.9 Å². The van der Waals surface area contributed by atoms with Gasteiger partial charge in [-0.15, -0.1) is 0 Å². The van der Waals surface area contributed by atoms with Crippen molar-refractivity contribution in [2.45, 2.75) is 38.6 Å². The summed E-state index contributed by atoms with van der Waals surface area (Å²) in [5.74, 6) is -0.168. The largest absolute Gasteiger partial charge is 0.458 e. The molecule has 0 radical (unpaired) electrons. The van der Waals surface area contributed by atoms with Crippen molar-refractivity contribution in [3.05, 3.63) is 65.7 Å². The van der Waals surface area contributed by atoms with Crippen LogP contribution in [0.25, 0.3) is 10.8 Å². The summed E-state index contributed by atoms with van der Waals surface area (Å²) in [6.07, 6.45) is 0.369. The first-order chi connectivity index (χ1) is 14.5. The number of carbonyl (C=O) groups is 2. The topological polar surface area (TPSA) is 71.1 Å². The maximum absolute atomic E-state index is 11.7. The van der Waals surface area contributed by atoms with Crippen molar-refractivity contribution in [1.82, 2.24) is 0 Å². The summed E-state index contributed by atoms with van der Waals surface area (Å²) in [7, 11) is 0. The first-order valence-corrected chi connectivity index (χ1v) is 9.86. The molecule has 30 heavy (non-hydrogen) atoms. The molecule has 0 bridgehead atoms. The van der Waals surface area contributed by atoms with E-state index in [0.717, 1.165) is 22.3 Å². The van der Waals surface area contributed by atoms with Gasteiger partial charge in [0.05, 0.1) is 5.39 Å². The zero-order valence-electron chi connectivity index (χ0n) is 16.6. The molecule has 1 unspecified atom stereocenters. The third-order valence-corrected chi connectivity index (χ3v) is 5.47. The minimum atomic E-state index is -1.11. The predicted molar refractivity (Wildman–Crippen MR) is 108 cm³/mol. The van der Waals surface area contributed by atoms with Gasteiger partial charge in [-0.1, -0.05) is 36.4 Å². The number of hydrogen-bond donors (Lipinski definition) is 0. The fraction of sp³-hybridized carbons (Fsp3) is 0.250. The predicted octanol–water partition coefficient (Wildman–Crippen LogP) is 4.79. The van der Waals surface area contributed by atoms with E-state index in [-0.39, 0.29) is 0 Å². The maximum atomic E-state index is 11.7. The Hall–Kier alpha value is -3.54. The van der Waals surface area contributed by atoms with Gasteiger partial charge in [-0.2, -0.15) is 0 Å². The highest BCUT2D eigenvalue weighted by Crippen LogP contribution is 2.53. The maximum Gasteiger partial charge on any atom is 0.308 e. The van der Waals surface area contributed by atoms with Crippen LogP contribution < -0.4 is 14.2 Å².